The summed E-state index contributed by atoms with van der Waals surface area (Å²) >= 11 is 0. The molecule has 1 heterocycles. The van der Waals surface area contributed by atoms with Crippen LogP contribution >= 0.6 is 0 Å². The largest absolute Gasteiger partial charge is 0.466 e. The summed E-state index contributed by atoms with van der Waals surface area (Å²) in [4.78, 5) is 23.4. The van der Waals surface area contributed by atoms with E-state index >= 15 is 0 Å². The summed E-state index contributed by atoms with van der Waals surface area (Å²) in [5.74, 6) is -0.611. The summed E-state index contributed by atoms with van der Waals surface area (Å²) in [6.07, 6.45) is 0.341. The number of benzene rings is 1. The van der Waals surface area contributed by atoms with Gasteiger partial charge in [-0.3, -0.25) is 9.59 Å². The lowest BCUT2D eigenvalue weighted by molar-refractivity contribution is -0.150. The van der Waals surface area contributed by atoms with Crippen LogP contribution < -0.4 is 5.32 Å². The van der Waals surface area contributed by atoms with Gasteiger partial charge in [0.05, 0.1) is 12.5 Å². The summed E-state index contributed by atoms with van der Waals surface area (Å²) in [6.45, 7) is 2.51. The molecule has 1 saturated heterocycles. The zero-order valence-corrected chi connectivity index (χ0v) is 10.4. The van der Waals surface area contributed by atoms with E-state index < -0.39 is 0 Å². The maximum absolute atomic E-state index is 11.9. The average molecular weight is 247 g/mol. The maximum atomic E-state index is 11.9. The van der Waals surface area contributed by atoms with Gasteiger partial charge in [0.2, 0.25) is 5.91 Å². The summed E-state index contributed by atoms with van der Waals surface area (Å²) < 4.78 is 5.08. The highest BCUT2D eigenvalue weighted by molar-refractivity contribution is 5.83. The lowest BCUT2D eigenvalue weighted by Gasteiger charge is -2.30. The molecule has 1 aliphatic rings. The predicted molar refractivity (Wildman–Crippen MR) is 66.9 cm³/mol. The SMILES string of the molecule is CCOC(=O)[C@@H]1CNC(=O)C[C@@H]1c1ccccc1. The van der Waals surface area contributed by atoms with Gasteiger partial charge in [0.15, 0.2) is 0 Å². The van der Waals surface area contributed by atoms with E-state index in [1.54, 1.807) is 6.92 Å². The summed E-state index contributed by atoms with van der Waals surface area (Å²) in [6, 6.07) is 9.67. The summed E-state index contributed by atoms with van der Waals surface area (Å²) in [5, 5.41) is 2.73. The molecule has 1 amide bonds. The fourth-order valence-corrected chi connectivity index (χ4v) is 2.33. The van der Waals surface area contributed by atoms with E-state index in [2.05, 4.69) is 5.32 Å². The van der Waals surface area contributed by atoms with Gasteiger partial charge >= 0.3 is 5.97 Å². The zero-order chi connectivity index (χ0) is 13.0. The Bertz CT molecular complexity index is 430. The standard InChI is InChI=1S/C14H17NO3/c1-2-18-14(17)12-9-15-13(16)8-11(12)10-6-4-3-5-7-10/h3-7,11-12H,2,8-9H2,1H3,(H,15,16)/t11-,12-/m1/s1. The van der Waals surface area contributed by atoms with Crippen molar-refractivity contribution < 1.29 is 14.3 Å². The number of hydrogen-bond donors (Lipinski definition) is 1. The third-order valence-electron chi connectivity index (χ3n) is 3.23. The Morgan fingerprint density at radius 2 is 2.11 bits per heavy atom. The van der Waals surface area contributed by atoms with Crippen molar-refractivity contribution in [3.63, 3.8) is 0 Å². The van der Waals surface area contributed by atoms with Gasteiger partial charge in [0.1, 0.15) is 0 Å². The molecule has 1 aromatic rings. The van der Waals surface area contributed by atoms with Gasteiger partial charge in [-0.05, 0) is 12.5 Å². The van der Waals surface area contributed by atoms with Gasteiger partial charge in [0.25, 0.3) is 0 Å². The minimum Gasteiger partial charge on any atom is -0.466 e. The molecule has 1 N–H and O–H groups in total. The average Bonchev–Trinajstić information content (AvgIpc) is 2.40. The molecule has 4 nitrogen and oxygen atoms in total. The highest BCUT2D eigenvalue weighted by Gasteiger charge is 2.36. The molecule has 0 spiro atoms. The second-order valence-electron chi connectivity index (χ2n) is 4.38. The van der Waals surface area contributed by atoms with Crippen molar-refractivity contribution in [2.75, 3.05) is 13.2 Å². The van der Waals surface area contributed by atoms with E-state index in [0.29, 0.717) is 19.6 Å². The molecule has 1 fully saturated rings. The van der Waals surface area contributed by atoms with E-state index in [9.17, 15) is 9.59 Å². The molecule has 0 radical (unpaired) electrons. The van der Waals surface area contributed by atoms with E-state index in [0.717, 1.165) is 5.56 Å². The number of piperidine rings is 1. The molecule has 0 aliphatic carbocycles. The number of esters is 1. The van der Waals surface area contributed by atoms with Gasteiger partial charge < -0.3 is 10.1 Å². The molecular weight excluding hydrogens is 230 g/mol. The molecule has 0 bridgehead atoms. The Morgan fingerprint density at radius 1 is 1.39 bits per heavy atom. The molecule has 4 heteroatoms. The number of ether oxygens (including phenoxy) is 1. The number of hydrogen-bond acceptors (Lipinski definition) is 3. The number of amides is 1. The van der Waals surface area contributed by atoms with Crippen LogP contribution in [0.3, 0.4) is 0 Å². The van der Waals surface area contributed by atoms with E-state index in [1.165, 1.54) is 0 Å². The Kier molecular flexibility index (Phi) is 3.97. The van der Waals surface area contributed by atoms with Crippen molar-refractivity contribution in [3.05, 3.63) is 35.9 Å². The van der Waals surface area contributed by atoms with Crippen LogP contribution in [0.15, 0.2) is 30.3 Å². The van der Waals surface area contributed by atoms with Gasteiger partial charge in [-0.25, -0.2) is 0 Å². The van der Waals surface area contributed by atoms with Crippen molar-refractivity contribution >= 4 is 11.9 Å². The number of carbonyl (C=O) groups is 2. The van der Waals surface area contributed by atoms with Crippen molar-refractivity contribution in [1.29, 1.82) is 0 Å². The lowest BCUT2D eigenvalue weighted by atomic mass is 9.81. The van der Waals surface area contributed by atoms with Crippen LogP contribution in [0.25, 0.3) is 0 Å². The molecule has 0 saturated carbocycles. The number of rotatable bonds is 3. The van der Waals surface area contributed by atoms with Crippen molar-refractivity contribution in [3.8, 4) is 0 Å². The van der Waals surface area contributed by atoms with E-state index in [-0.39, 0.29) is 23.7 Å². The minimum absolute atomic E-state index is 0.00981. The monoisotopic (exact) mass is 247 g/mol. The molecule has 1 aliphatic heterocycles. The molecule has 2 rings (SSSR count). The Balaban J connectivity index is 2.21. The van der Waals surface area contributed by atoms with Gasteiger partial charge in [-0.15, -0.1) is 0 Å². The highest BCUT2D eigenvalue weighted by Crippen LogP contribution is 2.31. The van der Waals surface area contributed by atoms with Crippen LogP contribution in [0, 0.1) is 5.92 Å². The normalized spacial score (nSPS) is 23.3. The van der Waals surface area contributed by atoms with Gasteiger partial charge in [0, 0.05) is 18.9 Å². The van der Waals surface area contributed by atoms with E-state index in [1.807, 2.05) is 30.3 Å². The Labute approximate surface area is 106 Å². The van der Waals surface area contributed by atoms with Gasteiger partial charge in [-0.1, -0.05) is 30.3 Å². The quantitative estimate of drug-likeness (QED) is 0.823. The smallest absolute Gasteiger partial charge is 0.311 e. The molecular formula is C14H17NO3. The van der Waals surface area contributed by atoms with Crippen molar-refractivity contribution in [1.82, 2.24) is 5.32 Å². The number of carbonyl (C=O) groups excluding carboxylic acids is 2. The fourth-order valence-electron chi connectivity index (χ4n) is 2.33. The van der Waals surface area contributed by atoms with Gasteiger partial charge in [-0.2, -0.15) is 0 Å². The van der Waals surface area contributed by atoms with Crippen LogP contribution in [0.2, 0.25) is 0 Å². The van der Waals surface area contributed by atoms with E-state index in [4.69, 9.17) is 4.74 Å². The molecule has 96 valence electrons. The minimum atomic E-state index is -0.287. The molecule has 0 aromatic heterocycles. The second-order valence-corrected chi connectivity index (χ2v) is 4.38. The first-order chi connectivity index (χ1) is 8.72. The highest BCUT2D eigenvalue weighted by atomic mass is 16.5. The van der Waals surface area contributed by atoms with Crippen LogP contribution in [0.4, 0.5) is 0 Å². The molecule has 2 atom stereocenters. The first-order valence-corrected chi connectivity index (χ1v) is 6.20. The zero-order valence-electron chi connectivity index (χ0n) is 10.4. The first-order valence-electron chi connectivity index (χ1n) is 6.20. The Hall–Kier alpha value is -1.84. The van der Waals surface area contributed by atoms with Crippen LogP contribution in [-0.2, 0) is 14.3 Å². The van der Waals surface area contributed by atoms with Crippen LogP contribution in [0.5, 0.6) is 0 Å². The number of nitrogens with one attached hydrogen (secondary N) is 1. The third kappa shape index (κ3) is 2.70. The third-order valence-corrected chi connectivity index (χ3v) is 3.23. The molecule has 18 heavy (non-hydrogen) atoms. The molecule has 0 unspecified atom stereocenters. The summed E-state index contributed by atoms with van der Waals surface area (Å²) in [7, 11) is 0. The van der Waals surface area contributed by atoms with Crippen LogP contribution in [-0.4, -0.2) is 25.0 Å². The fraction of sp³-hybridized carbons (Fsp3) is 0.429. The van der Waals surface area contributed by atoms with Crippen molar-refractivity contribution in [2.24, 2.45) is 5.92 Å². The first kappa shape index (κ1) is 12.6. The van der Waals surface area contributed by atoms with Crippen molar-refractivity contribution in [2.45, 2.75) is 19.3 Å². The predicted octanol–water partition coefficient (Wildman–Crippen LogP) is 1.47. The lowest BCUT2D eigenvalue weighted by Crippen LogP contribution is -2.43. The maximum Gasteiger partial charge on any atom is 0.311 e. The summed E-state index contributed by atoms with van der Waals surface area (Å²) in [5.41, 5.74) is 1.02. The second kappa shape index (κ2) is 5.67. The molecule has 1 aromatic carbocycles. The van der Waals surface area contributed by atoms with Crippen LogP contribution in [0.1, 0.15) is 24.8 Å². The Morgan fingerprint density at radius 3 is 2.78 bits per heavy atom. The topological polar surface area (TPSA) is 55.4 Å².